The van der Waals surface area contributed by atoms with Gasteiger partial charge in [0.2, 0.25) is 5.91 Å². The molecule has 0 radical (unpaired) electrons. The van der Waals surface area contributed by atoms with Crippen LogP contribution in [-0.2, 0) is 11.2 Å². The van der Waals surface area contributed by atoms with Gasteiger partial charge in [-0.1, -0.05) is 0 Å². The first-order chi connectivity index (χ1) is 10.8. The number of carbonyl (C=O) groups excluding carboxylic acids is 1. The molecule has 1 aromatic heterocycles. The van der Waals surface area contributed by atoms with Crippen LogP contribution in [0.25, 0.3) is 0 Å². The Kier molecular flexibility index (Phi) is 5.67. The van der Waals surface area contributed by atoms with Gasteiger partial charge in [0.1, 0.15) is 5.82 Å². The lowest BCUT2D eigenvalue weighted by molar-refractivity contribution is -0.155. The molecule has 23 heavy (non-hydrogen) atoms. The van der Waals surface area contributed by atoms with Crippen LogP contribution in [0.2, 0.25) is 0 Å². The number of aromatic nitrogens is 2. The first kappa shape index (κ1) is 17.8. The third kappa shape index (κ3) is 5.23. The van der Waals surface area contributed by atoms with E-state index in [2.05, 4.69) is 9.97 Å². The Bertz CT molecular complexity index is 495. The normalized spacial score (nSPS) is 18.4. The van der Waals surface area contributed by atoms with Crippen molar-refractivity contribution >= 4 is 5.91 Å². The Morgan fingerprint density at radius 2 is 2.13 bits per heavy atom. The van der Waals surface area contributed by atoms with E-state index in [4.69, 9.17) is 0 Å². The minimum absolute atomic E-state index is 0.229. The predicted octanol–water partition coefficient (Wildman–Crippen LogP) is 2.07. The van der Waals surface area contributed by atoms with Crippen LogP contribution in [0, 0.1) is 5.92 Å². The second-order valence-corrected chi connectivity index (χ2v) is 6.21. The number of H-pyrrole nitrogens is 1. The summed E-state index contributed by atoms with van der Waals surface area (Å²) in [6.45, 7) is 1.64. The van der Waals surface area contributed by atoms with Gasteiger partial charge in [0.15, 0.2) is 0 Å². The number of nitrogens with zero attached hydrogens (tertiary/aromatic N) is 3. The van der Waals surface area contributed by atoms with Gasteiger partial charge < -0.3 is 9.88 Å². The van der Waals surface area contributed by atoms with Gasteiger partial charge in [-0.15, -0.1) is 0 Å². The van der Waals surface area contributed by atoms with Crippen LogP contribution < -0.4 is 0 Å². The molecule has 2 rings (SSSR count). The summed E-state index contributed by atoms with van der Waals surface area (Å²) in [6, 6.07) is -0.766. The molecule has 1 atom stereocenters. The second kappa shape index (κ2) is 7.33. The SMILES string of the molecule is CC(C(=O)N1CCC(Cc2ncc[nH]2)CC1)N(C)CC(F)(F)F. The smallest absolute Gasteiger partial charge is 0.349 e. The number of rotatable bonds is 5. The van der Waals surface area contributed by atoms with E-state index in [0.29, 0.717) is 19.0 Å². The van der Waals surface area contributed by atoms with E-state index in [0.717, 1.165) is 30.0 Å². The van der Waals surface area contributed by atoms with E-state index in [-0.39, 0.29) is 5.91 Å². The molecular weight excluding hydrogens is 309 g/mol. The molecule has 0 aliphatic carbocycles. The molecule has 1 unspecified atom stereocenters. The number of amides is 1. The number of likely N-dealkylation sites (tertiary alicyclic amines) is 1. The standard InChI is InChI=1S/C15H23F3N4O/c1-11(21(2)10-15(16,17)18)14(23)22-7-3-12(4-8-22)9-13-19-5-6-20-13/h5-6,11-12H,3-4,7-10H2,1-2H3,(H,19,20). The van der Waals surface area contributed by atoms with Crippen LogP contribution >= 0.6 is 0 Å². The van der Waals surface area contributed by atoms with Crippen molar-refractivity contribution in [2.24, 2.45) is 5.92 Å². The number of aromatic amines is 1. The lowest BCUT2D eigenvalue weighted by Crippen LogP contribution is -2.50. The Morgan fingerprint density at radius 1 is 1.48 bits per heavy atom. The van der Waals surface area contributed by atoms with E-state index in [1.165, 1.54) is 14.0 Å². The van der Waals surface area contributed by atoms with E-state index in [9.17, 15) is 18.0 Å². The lowest BCUT2D eigenvalue weighted by atomic mass is 9.93. The van der Waals surface area contributed by atoms with Crippen molar-refractivity contribution in [3.8, 4) is 0 Å². The maximum Gasteiger partial charge on any atom is 0.401 e. The van der Waals surface area contributed by atoms with Crippen LogP contribution in [0.1, 0.15) is 25.6 Å². The molecule has 5 nitrogen and oxygen atoms in total. The first-order valence-corrected chi connectivity index (χ1v) is 7.80. The minimum Gasteiger partial charge on any atom is -0.349 e. The molecule has 8 heteroatoms. The molecule has 1 fully saturated rings. The molecule has 0 bridgehead atoms. The van der Waals surface area contributed by atoms with Gasteiger partial charge in [0.25, 0.3) is 0 Å². The van der Waals surface area contributed by atoms with Crippen molar-refractivity contribution in [1.29, 1.82) is 0 Å². The van der Waals surface area contributed by atoms with Gasteiger partial charge >= 0.3 is 6.18 Å². The molecule has 1 amide bonds. The monoisotopic (exact) mass is 332 g/mol. The number of likely N-dealkylation sites (N-methyl/N-ethyl adjacent to an activating group) is 1. The summed E-state index contributed by atoms with van der Waals surface area (Å²) in [6.07, 6.45) is 1.75. The van der Waals surface area contributed by atoms with Gasteiger partial charge in [-0.2, -0.15) is 13.2 Å². The number of hydrogen-bond acceptors (Lipinski definition) is 3. The van der Waals surface area contributed by atoms with Crippen LogP contribution in [0.15, 0.2) is 12.4 Å². The van der Waals surface area contributed by atoms with Crippen LogP contribution in [0.3, 0.4) is 0 Å². The fourth-order valence-electron chi connectivity index (χ4n) is 2.91. The van der Waals surface area contributed by atoms with Crippen molar-refractivity contribution < 1.29 is 18.0 Å². The van der Waals surface area contributed by atoms with Crippen LogP contribution in [0.4, 0.5) is 13.2 Å². The molecule has 1 N–H and O–H groups in total. The van der Waals surface area contributed by atoms with Crippen LogP contribution in [-0.4, -0.2) is 64.6 Å². The third-order valence-electron chi connectivity index (χ3n) is 4.41. The van der Waals surface area contributed by atoms with E-state index in [1.807, 2.05) is 0 Å². The second-order valence-electron chi connectivity index (χ2n) is 6.21. The highest BCUT2D eigenvalue weighted by Crippen LogP contribution is 2.22. The molecule has 1 aromatic rings. The Labute approximate surface area is 133 Å². The zero-order valence-corrected chi connectivity index (χ0v) is 13.4. The molecule has 0 spiro atoms. The zero-order valence-electron chi connectivity index (χ0n) is 13.4. The molecule has 2 heterocycles. The van der Waals surface area contributed by atoms with E-state index < -0.39 is 18.8 Å². The lowest BCUT2D eigenvalue weighted by Gasteiger charge is -2.35. The van der Waals surface area contributed by atoms with Crippen LogP contribution in [0.5, 0.6) is 0 Å². The molecular formula is C15H23F3N4O. The highest BCUT2D eigenvalue weighted by Gasteiger charge is 2.34. The highest BCUT2D eigenvalue weighted by atomic mass is 19.4. The molecule has 130 valence electrons. The summed E-state index contributed by atoms with van der Waals surface area (Å²) in [4.78, 5) is 22.3. The average molecular weight is 332 g/mol. The predicted molar refractivity (Wildman–Crippen MR) is 79.7 cm³/mol. The van der Waals surface area contributed by atoms with Gasteiger partial charge in [0.05, 0.1) is 12.6 Å². The van der Waals surface area contributed by atoms with Gasteiger partial charge in [0, 0.05) is 31.9 Å². The number of piperidine rings is 1. The maximum absolute atomic E-state index is 12.4. The Balaban J connectivity index is 1.80. The highest BCUT2D eigenvalue weighted by molar-refractivity contribution is 5.81. The van der Waals surface area contributed by atoms with Crippen molar-refractivity contribution in [2.45, 2.75) is 38.4 Å². The largest absolute Gasteiger partial charge is 0.401 e. The molecule has 1 saturated heterocycles. The molecule has 1 aliphatic heterocycles. The number of nitrogens with one attached hydrogen (secondary N) is 1. The number of imidazole rings is 1. The summed E-state index contributed by atoms with van der Waals surface area (Å²) in [5.74, 6) is 1.16. The molecule has 1 aliphatic rings. The fraction of sp³-hybridized carbons (Fsp3) is 0.733. The van der Waals surface area contributed by atoms with E-state index >= 15 is 0 Å². The van der Waals surface area contributed by atoms with Gasteiger partial charge in [-0.05, 0) is 32.7 Å². The average Bonchev–Trinajstić information content (AvgIpc) is 2.97. The van der Waals surface area contributed by atoms with Gasteiger partial charge in [-0.25, -0.2) is 4.98 Å². The Morgan fingerprint density at radius 3 is 2.65 bits per heavy atom. The summed E-state index contributed by atoms with van der Waals surface area (Å²) in [5.41, 5.74) is 0. The molecule has 0 aromatic carbocycles. The summed E-state index contributed by atoms with van der Waals surface area (Å²) >= 11 is 0. The number of hydrogen-bond donors (Lipinski definition) is 1. The first-order valence-electron chi connectivity index (χ1n) is 7.80. The minimum atomic E-state index is -4.29. The number of carbonyl (C=O) groups is 1. The molecule has 0 saturated carbocycles. The van der Waals surface area contributed by atoms with Crippen molar-refractivity contribution in [3.63, 3.8) is 0 Å². The van der Waals surface area contributed by atoms with Crippen molar-refractivity contribution in [3.05, 3.63) is 18.2 Å². The number of alkyl halides is 3. The summed E-state index contributed by atoms with van der Waals surface area (Å²) in [7, 11) is 1.33. The van der Waals surface area contributed by atoms with E-state index in [1.54, 1.807) is 17.3 Å². The Hall–Kier alpha value is -1.57. The maximum atomic E-state index is 12.4. The summed E-state index contributed by atoms with van der Waals surface area (Å²) in [5, 5.41) is 0. The fourth-order valence-corrected chi connectivity index (χ4v) is 2.91. The van der Waals surface area contributed by atoms with Crippen molar-refractivity contribution in [2.75, 3.05) is 26.7 Å². The topological polar surface area (TPSA) is 52.2 Å². The number of halogens is 3. The van der Waals surface area contributed by atoms with Crippen molar-refractivity contribution in [1.82, 2.24) is 19.8 Å². The summed E-state index contributed by atoms with van der Waals surface area (Å²) < 4.78 is 37.3. The third-order valence-corrected chi connectivity index (χ3v) is 4.41. The van der Waals surface area contributed by atoms with Gasteiger partial charge in [-0.3, -0.25) is 9.69 Å². The zero-order chi connectivity index (χ0) is 17.0. The quantitative estimate of drug-likeness (QED) is 0.898.